The third-order valence-electron chi connectivity index (χ3n) is 5.39. The Bertz CT molecular complexity index is 1090. The zero-order valence-electron chi connectivity index (χ0n) is 21.0. The van der Waals surface area contributed by atoms with Crippen LogP contribution in [0.25, 0.3) is 0 Å². The molecule has 0 aliphatic heterocycles. The van der Waals surface area contributed by atoms with Crippen molar-refractivity contribution in [3.8, 4) is 11.5 Å². The maximum atomic E-state index is 11.8. The van der Waals surface area contributed by atoms with Crippen LogP contribution in [0.4, 0.5) is 0 Å². The first-order valence-corrected chi connectivity index (χ1v) is 14.3. The van der Waals surface area contributed by atoms with Crippen LogP contribution in [-0.4, -0.2) is 25.9 Å². The summed E-state index contributed by atoms with van der Waals surface area (Å²) in [6, 6.07) is 10.4. The summed E-state index contributed by atoms with van der Waals surface area (Å²) < 4.78 is 76.4. The van der Waals surface area contributed by atoms with Gasteiger partial charge in [-0.2, -0.15) is 0 Å². The predicted molar refractivity (Wildman–Crippen MR) is 124 cm³/mol. The molecule has 0 spiro atoms. The Morgan fingerprint density at radius 1 is 0.714 bits per heavy atom. The Morgan fingerprint density at radius 3 is 1.71 bits per heavy atom. The fourth-order valence-corrected chi connectivity index (χ4v) is 5.60. The van der Waals surface area contributed by atoms with E-state index >= 15 is 0 Å². The van der Waals surface area contributed by atoms with Crippen LogP contribution in [0.5, 0.6) is 11.5 Å². The van der Waals surface area contributed by atoms with E-state index in [0.29, 0.717) is 12.0 Å². The molecule has 0 aliphatic rings. The summed E-state index contributed by atoms with van der Waals surface area (Å²) in [6.45, 7) is 2.19. The molecule has 0 N–H and O–H groups in total. The van der Waals surface area contributed by atoms with Crippen LogP contribution < -0.4 is 63.9 Å². The van der Waals surface area contributed by atoms with Gasteiger partial charge in [-0.3, -0.25) is 0 Å². The Labute approximate surface area is 254 Å². The molecular weight excluding hydrogens is 510 g/mol. The molecule has 0 saturated carbocycles. The predicted octanol–water partition coefficient (Wildman–Crippen LogP) is -0.241. The molecule has 0 heterocycles. The van der Waals surface area contributed by atoms with E-state index in [-0.39, 0.29) is 64.9 Å². The molecule has 11 heteroatoms. The Kier molecular flexibility index (Phi) is 17.6. The zero-order valence-corrected chi connectivity index (χ0v) is 26.6. The van der Waals surface area contributed by atoms with Gasteiger partial charge in [-0.05, 0) is 42.7 Å². The van der Waals surface area contributed by atoms with Crippen LogP contribution in [0.15, 0.2) is 52.3 Å². The fraction of sp³-hybridized carbons (Fsp3) is 0.500. The van der Waals surface area contributed by atoms with Gasteiger partial charge in [0, 0.05) is 0 Å². The standard InChI is InChI=1S/C24H34O7S2.2Na/c1-2-3-4-5-6-7-8-9-10-12-15-20-18-22(31-21-16-13-11-14-17-21)24(33(28,29)30)23(19-20)32(25,26)27;;/h11,13-14,16-19H,2-10,12,15H2,1H3,(H,25,26,27)(H,28,29,30);;/q;2*+1/p-2. The summed E-state index contributed by atoms with van der Waals surface area (Å²) in [5.41, 5.74) is 0.433. The average molecular weight is 543 g/mol. The summed E-state index contributed by atoms with van der Waals surface area (Å²) in [5.74, 6) is -0.233. The Balaban J connectivity index is 0.00000578. The molecule has 0 radical (unpaired) electrons. The van der Waals surface area contributed by atoms with E-state index in [1.54, 1.807) is 18.2 Å². The van der Waals surface area contributed by atoms with Gasteiger partial charge in [-0.15, -0.1) is 0 Å². The number of rotatable bonds is 15. The fourth-order valence-electron chi connectivity index (χ4n) is 3.72. The van der Waals surface area contributed by atoms with Gasteiger partial charge < -0.3 is 13.8 Å². The van der Waals surface area contributed by atoms with Crippen molar-refractivity contribution in [2.24, 2.45) is 0 Å². The molecule has 0 aromatic heterocycles. The van der Waals surface area contributed by atoms with E-state index in [1.165, 1.54) is 56.7 Å². The van der Waals surface area contributed by atoms with E-state index in [4.69, 9.17) is 4.74 Å². The normalized spacial score (nSPS) is 11.4. The molecule has 0 fully saturated rings. The number of para-hydroxylation sites is 1. The van der Waals surface area contributed by atoms with Crippen molar-refractivity contribution in [3.05, 3.63) is 48.0 Å². The topological polar surface area (TPSA) is 124 Å². The number of ether oxygens (including phenoxy) is 1. The summed E-state index contributed by atoms with van der Waals surface area (Å²) in [7, 11) is -10.5. The molecule has 2 rings (SSSR count). The monoisotopic (exact) mass is 542 g/mol. The van der Waals surface area contributed by atoms with Crippen LogP contribution in [0.3, 0.4) is 0 Å². The van der Waals surface area contributed by atoms with Crippen molar-refractivity contribution in [2.75, 3.05) is 0 Å². The van der Waals surface area contributed by atoms with Crippen molar-refractivity contribution in [1.29, 1.82) is 0 Å². The minimum absolute atomic E-state index is 0. The van der Waals surface area contributed by atoms with Crippen LogP contribution in [0.2, 0.25) is 0 Å². The number of unbranched alkanes of at least 4 members (excludes halogenated alkanes) is 9. The first-order chi connectivity index (χ1) is 15.6. The smallest absolute Gasteiger partial charge is 0.744 e. The second kappa shape index (κ2) is 17.5. The quantitative estimate of drug-likeness (QED) is 0.173. The Hall–Kier alpha value is 0.0600. The molecule has 184 valence electrons. The molecule has 35 heavy (non-hydrogen) atoms. The number of hydrogen-bond acceptors (Lipinski definition) is 7. The molecule has 2 aromatic carbocycles. The van der Waals surface area contributed by atoms with Gasteiger partial charge in [0.2, 0.25) is 0 Å². The summed E-state index contributed by atoms with van der Waals surface area (Å²) in [6.07, 6.45) is 11.7. The minimum atomic E-state index is -5.28. The summed E-state index contributed by atoms with van der Waals surface area (Å²) in [5, 5.41) is 0. The Morgan fingerprint density at radius 2 is 1.23 bits per heavy atom. The minimum Gasteiger partial charge on any atom is -0.744 e. The third-order valence-corrected chi connectivity index (χ3v) is 7.30. The van der Waals surface area contributed by atoms with Gasteiger partial charge >= 0.3 is 59.1 Å². The van der Waals surface area contributed by atoms with Crippen molar-refractivity contribution in [2.45, 2.75) is 87.3 Å². The first-order valence-electron chi connectivity index (χ1n) is 11.4. The van der Waals surface area contributed by atoms with E-state index in [1.807, 2.05) is 0 Å². The molecular formula is C24H32Na2O7S2. The molecule has 2 aromatic rings. The third kappa shape index (κ3) is 12.9. The first kappa shape index (κ1) is 35.1. The van der Waals surface area contributed by atoms with Gasteiger partial charge in [-0.25, -0.2) is 16.8 Å². The van der Waals surface area contributed by atoms with Gasteiger partial charge in [0.25, 0.3) is 0 Å². The van der Waals surface area contributed by atoms with Crippen molar-refractivity contribution in [3.63, 3.8) is 0 Å². The maximum Gasteiger partial charge on any atom is 1.00 e. The second-order valence-electron chi connectivity index (χ2n) is 8.18. The molecule has 0 aliphatic carbocycles. The van der Waals surface area contributed by atoms with Crippen LogP contribution in [0.1, 0.15) is 76.7 Å². The molecule has 0 amide bonds. The van der Waals surface area contributed by atoms with Crippen LogP contribution in [-0.2, 0) is 26.7 Å². The summed E-state index contributed by atoms with van der Waals surface area (Å²) >= 11 is 0. The van der Waals surface area contributed by atoms with Gasteiger partial charge in [-0.1, -0.05) is 82.9 Å². The maximum absolute atomic E-state index is 11.8. The molecule has 7 nitrogen and oxygen atoms in total. The average Bonchev–Trinajstić information content (AvgIpc) is 2.74. The number of benzene rings is 2. The van der Waals surface area contributed by atoms with Crippen LogP contribution >= 0.6 is 0 Å². The largest absolute Gasteiger partial charge is 1.00 e. The van der Waals surface area contributed by atoms with E-state index in [2.05, 4.69) is 6.92 Å². The number of hydrogen-bond donors (Lipinski definition) is 0. The molecule has 0 atom stereocenters. The van der Waals surface area contributed by atoms with Gasteiger partial charge in [0.05, 0.1) is 4.90 Å². The van der Waals surface area contributed by atoms with E-state index < -0.39 is 35.8 Å². The second-order valence-corrected chi connectivity index (χ2v) is 10.8. The molecule has 0 saturated heterocycles. The SMILES string of the molecule is CCCCCCCCCCCCc1cc(Oc2ccccc2)c(S(=O)(=O)[O-])c(S(=O)(=O)[O-])c1.[Na+].[Na+]. The molecule has 0 bridgehead atoms. The molecule has 0 unspecified atom stereocenters. The van der Waals surface area contributed by atoms with Crippen molar-refractivity contribution < 1.29 is 89.8 Å². The van der Waals surface area contributed by atoms with Crippen molar-refractivity contribution in [1.82, 2.24) is 0 Å². The summed E-state index contributed by atoms with van der Waals surface area (Å²) in [4.78, 5) is -2.21. The van der Waals surface area contributed by atoms with E-state index in [0.717, 1.165) is 31.7 Å². The number of aryl methyl sites for hydroxylation is 1. The van der Waals surface area contributed by atoms with Gasteiger partial charge in [0.15, 0.2) is 0 Å². The van der Waals surface area contributed by atoms with Crippen molar-refractivity contribution >= 4 is 20.2 Å². The van der Waals surface area contributed by atoms with Crippen LogP contribution in [0, 0.1) is 0 Å². The zero-order chi connectivity index (χ0) is 24.3. The van der Waals surface area contributed by atoms with Gasteiger partial charge in [0.1, 0.15) is 36.6 Å². The van der Waals surface area contributed by atoms with E-state index in [9.17, 15) is 25.9 Å².